The largest absolute Gasteiger partial charge is 0.497 e. The maximum atomic E-state index is 5.37. The molecule has 2 heterocycles. The van der Waals surface area contributed by atoms with Gasteiger partial charge >= 0.3 is 0 Å². The minimum Gasteiger partial charge on any atom is -0.497 e. The molecule has 0 amide bonds. The monoisotopic (exact) mass is 486 g/mol. The average Bonchev–Trinajstić information content (AvgIpc) is 3.36. The van der Waals surface area contributed by atoms with Gasteiger partial charge in [0.2, 0.25) is 0 Å². The highest BCUT2D eigenvalue weighted by Crippen LogP contribution is 2.30. The van der Waals surface area contributed by atoms with Gasteiger partial charge in [0.1, 0.15) is 17.3 Å². The van der Waals surface area contributed by atoms with Gasteiger partial charge in [-0.15, -0.1) is 24.0 Å². The van der Waals surface area contributed by atoms with E-state index < -0.39 is 0 Å². The van der Waals surface area contributed by atoms with Crippen LogP contribution >= 0.6 is 24.0 Å². The van der Waals surface area contributed by atoms with E-state index in [1.807, 2.05) is 30.3 Å². The molecule has 1 fully saturated rings. The van der Waals surface area contributed by atoms with Crippen molar-refractivity contribution in [3.05, 3.63) is 42.4 Å². The fourth-order valence-corrected chi connectivity index (χ4v) is 3.06. The van der Waals surface area contributed by atoms with Crippen LogP contribution in [0.25, 0.3) is 0 Å². The normalized spacial score (nSPS) is 16.6. The molecule has 0 bridgehead atoms. The van der Waals surface area contributed by atoms with Gasteiger partial charge in [-0.3, -0.25) is 4.99 Å². The van der Waals surface area contributed by atoms with E-state index in [0.717, 1.165) is 48.4 Å². The number of rotatable bonds is 6. The van der Waals surface area contributed by atoms with Crippen molar-refractivity contribution in [2.45, 2.75) is 19.0 Å². The number of ether oxygens (including phenoxy) is 2. The molecule has 1 atom stereocenters. The summed E-state index contributed by atoms with van der Waals surface area (Å²) in [6, 6.07) is 10.1. The first-order valence-corrected chi connectivity index (χ1v) is 8.69. The van der Waals surface area contributed by atoms with Crippen LogP contribution in [-0.2, 0) is 6.54 Å². The average molecular weight is 486 g/mol. The van der Waals surface area contributed by atoms with Crippen molar-refractivity contribution in [2.24, 2.45) is 4.99 Å². The topological polar surface area (TPSA) is 71.3 Å². The Morgan fingerprint density at radius 1 is 1.26 bits per heavy atom. The van der Waals surface area contributed by atoms with E-state index in [2.05, 4.69) is 20.5 Å². The van der Waals surface area contributed by atoms with Crippen LogP contribution < -0.4 is 25.0 Å². The summed E-state index contributed by atoms with van der Waals surface area (Å²) in [5.41, 5.74) is 1.10. The summed E-state index contributed by atoms with van der Waals surface area (Å²) in [4.78, 5) is 6.62. The van der Waals surface area contributed by atoms with Crippen molar-refractivity contribution in [1.29, 1.82) is 0 Å². The van der Waals surface area contributed by atoms with E-state index in [9.17, 15) is 0 Å². The molecule has 0 saturated carbocycles. The lowest BCUT2D eigenvalue weighted by molar-refractivity contribution is 0.394. The second kappa shape index (κ2) is 10.3. The Bertz CT molecular complexity index is 714. The molecule has 3 rings (SSSR count). The number of benzene rings is 1. The first kappa shape index (κ1) is 21.2. The zero-order valence-electron chi connectivity index (χ0n) is 15.9. The molecule has 1 aromatic heterocycles. The molecule has 2 N–H and O–H groups in total. The van der Waals surface area contributed by atoms with Gasteiger partial charge in [0, 0.05) is 50.1 Å². The van der Waals surface area contributed by atoms with Crippen molar-refractivity contribution >= 4 is 35.6 Å². The number of nitrogens with one attached hydrogen (secondary N) is 2. The summed E-state index contributed by atoms with van der Waals surface area (Å²) >= 11 is 0. The van der Waals surface area contributed by atoms with Gasteiger partial charge in [-0.2, -0.15) is 0 Å². The Morgan fingerprint density at radius 3 is 2.59 bits per heavy atom. The molecule has 1 aliphatic heterocycles. The van der Waals surface area contributed by atoms with Crippen LogP contribution in [0.2, 0.25) is 0 Å². The molecule has 27 heavy (non-hydrogen) atoms. The van der Waals surface area contributed by atoms with E-state index in [1.54, 1.807) is 27.5 Å². The fourth-order valence-electron chi connectivity index (χ4n) is 3.06. The Morgan fingerprint density at radius 2 is 2.00 bits per heavy atom. The van der Waals surface area contributed by atoms with Crippen molar-refractivity contribution < 1.29 is 13.9 Å². The number of methoxy groups -OCH3 is 2. The predicted octanol–water partition coefficient (Wildman–Crippen LogP) is 2.86. The molecule has 1 aliphatic rings. The van der Waals surface area contributed by atoms with Gasteiger partial charge in [0.25, 0.3) is 0 Å². The highest BCUT2D eigenvalue weighted by molar-refractivity contribution is 14.0. The summed E-state index contributed by atoms with van der Waals surface area (Å²) in [6.07, 6.45) is 2.70. The molecule has 0 aliphatic carbocycles. The smallest absolute Gasteiger partial charge is 0.191 e. The predicted molar refractivity (Wildman–Crippen MR) is 118 cm³/mol. The van der Waals surface area contributed by atoms with Gasteiger partial charge in [0.15, 0.2) is 5.96 Å². The van der Waals surface area contributed by atoms with Crippen molar-refractivity contribution in [2.75, 3.05) is 39.3 Å². The van der Waals surface area contributed by atoms with Crippen molar-refractivity contribution in [3.63, 3.8) is 0 Å². The first-order valence-electron chi connectivity index (χ1n) is 8.69. The van der Waals surface area contributed by atoms with Crippen LogP contribution in [-0.4, -0.2) is 46.4 Å². The summed E-state index contributed by atoms with van der Waals surface area (Å²) in [5, 5.41) is 6.75. The summed E-state index contributed by atoms with van der Waals surface area (Å²) in [6.45, 7) is 2.46. The zero-order valence-corrected chi connectivity index (χ0v) is 18.2. The van der Waals surface area contributed by atoms with Crippen LogP contribution in [0.15, 0.2) is 46.0 Å². The van der Waals surface area contributed by atoms with Gasteiger partial charge < -0.3 is 29.4 Å². The van der Waals surface area contributed by atoms with Gasteiger partial charge in [-0.1, -0.05) is 0 Å². The quantitative estimate of drug-likeness (QED) is 0.372. The van der Waals surface area contributed by atoms with Crippen molar-refractivity contribution in [1.82, 2.24) is 10.6 Å². The number of aliphatic imine (C=N–C) groups is 1. The van der Waals surface area contributed by atoms with Gasteiger partial charge in [-0.05, 0) is 18.6 Å². The number of guanidine groups is 1. The van der Waals surface area contributed by atoms with E-state index in [-0.39, 0.29) is 24.0 Å². The minimum atomic E-state index is 0. The van der Waals surface area contributed by atoms with E-state index in [0.29, 0.717) is 12.6 Å². The number of nitrogens with zero attached hydrogens (tertiary/aromatic N) is 2. The third kappa shape index (κ3) is 5.69. The van der Waals surface area contributed by atoms with E-state index >= 15 is 0 Å². The number of hydrogen-bond donors (Lipinski definition) is 2. The van der Waals surface area contributed by atoms with E-state index in [4.69, 9.17) is 13.9 Å². The van der Waals surface area contributed by atoms with Crippen LogP contribution in [0.3, 0.4) is 0 Å². The third-order valence-corrected chi connectivity index (χ3v) is 4.46. The lowest BCUT2D eigenvalue weighted by atomic mass is 10.2. The third-order valence-electron chi connectivity index (χ3n) is 4.46. The Hall–Kier alpha value is -2.10. The minimum absolute atomic E-state index is 0. The number of anilines is 1. The van der Waals surface area contributed by atoms with Crippen molar-refractivity contribution in [3.8, 4) is 11.5 Å². The Balaban J connectivity index is 0.00000261. The molecular weight excluding hydrogens is 459 g/mol. The Labute approximate surface area is 177 Å². The molecular formula is C19H27IN4O3. The summed E-state index contributed by atoms with van der Waals surface area (Å²) in [5.74, 6) is 3.25. The fraction of sp³-hybridized carbons (Fsp3) is 0.421. The van der Waals surface area contributed by atoms with Crippen LogP contribution in [0, 0.1) is 0 Å². The number of hydrogen-bond acceptors (Lipinski definition) is 5. The van der Waals surface area contributed by atoms with Gasteiger partial charge in [0.05, 0.1) is 27.0 Å². The maximum absolute atomic E-state index is 5.37. The number of furan rings is 1. The molecule has 2 aromatic rings. The second-order valence-electron chi connectivity index (χ2n) is 6.15. The Kier molecular flexibility index (Phi) is 8.08. The zero-order chi connectivity index (χ0) is 18.4. The lowest BCUT2D eigenvalue weighted by Crippen LogP contribution is -2.44. The molecule has 0 spiro atoms. The first-order chi connectivity index (χ1) is 12.7. The van der Waals surface area contributed by atoms with Gasteiger partial charge in [-0.25, -0.2) is 0 Å². The standard InChI is InChI=1S/C19H26N4O3.HI/c1-20-19(21-12-16-5-4-8-26-16)22-14-6-7-23(13-14)15-9-17(24-2)11-18(10-15)25-3;/h4-5,8-11,14H,6-7,12-13H2,1-3H3,(H2,20,21,22);1H. The van der Waals surface area contributed by atoms with Crippen LogP contribution in [0.4, 0.5) is 5.69 Å². The molecule has 1 aromatic carbocycles. The van der Waals surface area contributed by atoms with Crippen LogP contribution in [0.5, 0.6) is 11.5 Å². The maximum Gasteiger partial charge on any atom is 0.191 e. The number of halogens is 1. The molecule has 7 nitrogen and oxygen atoms in total. The molecule has 148 valence electrons. The molecule has 1 unspecified atom stereocenters. The molecule has 0 radical (unpaired) electrons. The SMILES string of the molecule is CN=C(NCc1ccco1)NC1CCN(c2cc(OC)cc(OC)c2)C1.I. The lowest BCUT2D eigenvalue weighted by Gasteiger charge is -2.21. The van der Waals surface area contributed by atoms with E-state index in [1.165, 1.54) is 0 Å². The highest BCUT2D eigenvalue weighted by atomic mass is 127. The highest BCUT2D eigenvalue weighted by Gasteiger charge is 2.24. The summed E-state index contributed by atoms with van der Waals surface area (Å²) < 4.78 is 16.1. The molecule has 8 heteroatoms. The second-order valence-corrected chi connectivity index (χ2v) is 6.15. The summed E-state index contributed by atoms with van der Waals surface area (Å²) in [7, 11) is 5.11. The molecule has 1 saturated heterocycles. The van der Waals surface area contributed by atoms with Crippen LogP contribution in [0.1, 0.15) is 12.2 Å².